The summed E-state index contributed by atoms with van der Waals surface area (Å²) in [5, 5.41) is 8.86. The minimum atomic E-state index is -3.00. The van der Waals surface area contributed by atoms with Gasteiger partial charge in [-0.2, -0.15) is 13.9 Å². The van der Waals surface area contributed by atoms with Crippen molar-refractivity contribution in [1.82, 2.24) is 24.4 Å². The van der Waals surface area contributed by atoms with Crippen LogP contribution in [0.5, 0.6) is 5.75 Å². The number of para-hydroxylation sites is 1. The average molecular weight is 671 g/mol. The van der Waals surface area contributed by atoms with E-state index in [-0.39, 0.29) is 41.5 Å². The third-order valence-corrected chi connectivity index (χ3v) is 8.79. The van der Waals surface area contributed by atoms with Crippen LogP contribution in [0.15, 0.2) is 66.4 Å². The molecular weight excluding hydrogens is 633 g/mol. The summed E-state index contributed by atoms with van der Waals surface area (Å²) >= 11 is -1.07. The molecule has 1 fully saturated rings. The Bertz CT molecular complexity index is 1790. The quantitative estimate of drug-likeness (QED) is 0.109. The third-order valence-electron chi connectivity index (χ3n) is 7.77. The molecule has 2 aromatic heterocycles. The van der Waals surface area contributed by atoms with E-state index in [2.05, 4.69) is 15.4 Å². The summed E-state index contributed by atoms with van der Waals surface area (Å²) in [7, 11) is 0. The number of ether oxygens (including phenoxy) is 2. The van der Waals surface area contributed by atoms with Gasteiger partial charge in [0.2, 0.25) is 5.78 Å². The van der Waals surface area contributed by atoms with Crippen LogP contribution >= 0.6 is 0 Å². The number of nitrogen functional groups attached to an aromatic ring is 1. The maximum Gasteiger partial charge on any atom is 0.346 e. The monoisotopic (exact) mass is 670 g/mol. The van der Waals surface area contributed by atoms with Crippen LogP contribution in [-0.2, 0) is 16.1 Å². The van der Waals surface area contributed by atoms with E-state index in [0.717, 1.165) is 5.57 Å². The number of carbonyl (C=O) groups excluding carboxylic acids is 1. The molecule has 1 saturated heterocycles. The van der Waals surface area contributed by atoms with Crippen LogP contribution in [0.25, 0.3) is 17.8 Å². The maximum atomic E-state index is 14.0. The molecule has 1 aliphatic heterocycles. The number of H-pyrrole nitrogens is 1. The fourth-order valence-corrected chi connectivity index (χ4v) is 6.09. The van der Waals surface area contributed by atoms with Gasteiger partial charge in [-0.25, -0.2) is 9.07 Å². The molecule has 3 atom stereocenters. The zero-order chi connectivity index (χ0) is 33.7. The molecule has 0 saturated carbocycles. The highest BCUT2D eigenvalue weighted by molar-refractivity contribution is 7.88. The van der Waals surface area contributed by atoms with Crippen molar-refractivity contribution >= 4 is 40.8 Å². The minimum Gasteiger partial charge on any atom is -0.598 e. The first kappa shape index (κ1) is 34.3. The molecule has 5 rings (SSSR count). The lowest BCUT2D eigenvalue weighted by atomic mass is 10.1. The minimum absolute atomic E-state index is 0.0433. The lowest BCUT2D eigenvalue weighted by Crippen LogP contribution is -2.61. The fraction of sp³-hybridized carbons (Fsp3) is 0.333. The predicted octanol–water partition coefficient (Wildman–Crippen LogP) is 3.11. The zero-order valence-corrected chi connectivity index (χ0v) is 27.0. The maximum absolute atomic E-state index is 14.0. The van der Waals surface area contributed by atoms with Crippen LogP contribution < -0.4 is 26.4 Å². The zero-order valence-electron chi connectivity index (χ0n) is 26.2. The summed E-state index contributed by atoms with van der Waals surface area (Å²) in [4.78, 5) is 16.9. The molecule has 0 radical (unpaired) electrons. The third kappa shape index (κ3) is 8.26. The molecule has 2 aliphatic rings. The highest BCUT2D eigenvalue weighted by Crippen LogP contribution is 2.24. The molecule has 0 spiro atoms. The normalized spacial score (nSPS) is 21.2. The van der Waals surface area contributed by atoms with Gasteiger partial charge >= 0.3 is 6.61 Å². The number of aromatic amines is 1. The van der Waals surface area contributed by atoms with Crippen molar-refractivity contribution in [1.29, 1.82) is 0 Å². The number of alkyl halides is 2. The van der Waals surface area contributed by atoms with E-state index >= 15 is 0 Å². The van der Waals surface area contributed by atoms with Gasteiger partial charge < -0.3 is 30.1 Å². The number of aromatic nitrogens is 3. The molecule has 10 nitrogen and oxygen atoms in total. The van der Waals surface area contributed by atoms with Gasteiger partial charge in [0.25, 0.3) is 0 Å². The van der Waals surface area contributed by atoms with Crippen molar-refractivity contribution in [2.24, 2.45) is 0 Å². The first-order chi connectivity index (χ1) is 22.5. The van der Waals surface area contributed by atoms with Gasteiger partial charge in [-0.05, 0) is 60.6 Å². The summed E-state index contributed by atoms with van der Waals surface area (Å²) in [5.41, 5.74) is 8.20. The number of anilines is 1. The Morgan fingerprint density at radius 3 is 2.72 bits per heavy atom. The molecule has 3 unspecified atom stereocenters. The van der Waals surface area contributed by atoms with E-state index in [0.29, 0.717) is 35.8 Å². The van der Waals surface area contributed by atoms with E-state index in [1.54, 1.807) is 47.0 Å². The fourth-order valence-electron chi connectivity index (χ4n) is 5.31. The van der Waals surface area contributed by atoms with E-state index in [1.165, 1.54) is 29.1 Å². The highest BCUT2D eigenvalue weighted by Gasteiger charge is 2.34. The van der Waals surface area contributed by atoms with Crippen LogP contribution in [0, 0.1) is 5.82 Å². The topological polar surface area (TPSA) is 133 Å². The Morgan fingerprint density at radius 1 is 1.26 bits per heavy atom. The predicted molar refractivity (Wildman–Crippen MR) is 176 cm³/mol. The molecule has 250 valence electrons. The Kier molecular flexibility index (Phi) is 11.1. The molecule has 3 heterocycles. The number of nitrogens with zero attached hydrogens (tertiary/aromatic N) is 3. The Balaban J connectivity index is 1.40. The van der Waals surface area contributed by atoms with Crippen LogP contribution in [0.2, 0.25) is 0 Å². The van der Waals surface area contributed by atoms with Crippen LogP contribution in [0.1, 0.15) is 36.3 Å². The molecular formula is C33H37F3N6O4S. The van der Waals surface area contributed by atoms with E-state index < -0.39 is 35.7 Å². The Labute approximate surface area is 273 Å². The molecule has 0 amide bonds. The smallest absolute Gasteiger partial charge is 0.346 e. The molecule has 14 heteroatoms. The molecule has 1 aliphatic carbocycles. The second kappa shape index (κ2) is 15.2. The van der Waals surface area contributed by atoms with Crippen molar-refractivity contribution < 1.29 is 32.0 Å². The average Bonchev–Trinajstić information content (AvgIpc) is 3.57. The van der Waals surface area contributed by atoms with Crippen LogP contribution in [-0.4, -0.2) is 80.2 Å². The van der Waals surface area contributed by atoms with Crippen molar-refractivity contribution in [2.45, 2.75) is 45.1 Å². The van der Waals surface area contributed by atoms with E-state index in [1.807, 2.05) is 26.0 Å². The van der Waals surface area contributed by atoms with Gasteiger partial charge in [0.05, 0.1) is 36.2 Å². The number of hydrogen-bond acceptors (Lipinski definition) is 8. The lowest BCUT2D eigenvalue weighted by Gasteiger charge is -2.38. The summed E-state index contributed by atoms with van der Waals surface area (Å²) in [6, 6.07) is 7.36. The van der Waals surface area contributed by atoms with E-state index in [9.17, 15) is 22.5 Å². The van der Waals surface area contributed by atoms with Gasteiger partial charge in [0.15, 0.2) is 11.6 Å². The van der Waals surface area contributed by atoms with Crippen molar-refractivity contribution in [3.63, 3.8) is 0 Å². The number of halogens is 3. The molecule has 4 N–H and O–H groups in total. The first-order valence-electron chi connectivity index (χ1n) is 15.1. The number of ketones is 1. The Hall–Kier alpha value is -4.08. The number of carbonyl (C=O) groups is 1. The summed E-state index contributed by atoms with van der Waals surface area (Å²) in [6.45, 7) is 2.04. The van der Waals surface area contributed by atoms with Gasteiger partial charge in [-0.3, -0.25) is 4.79 Å². The Morgan fingerprint density at radius 2 is 2.02 bits per heavy atom. The SMILES string of the molecule is CC/C=C(\C(C)=C/COc1ccccc1F)n1ncc(C(=O)c2cc3/c([nH]2)=C\C(NC2CN([S+](C)[O-])C2)C=CC(OC(F)F)/C=3)c1N. The van der Waals surface area contributed by atoms with Crippen molar-refractivity contribution in [3.8, 4) is 5.75 Å². The van der Waals surface area contributed by atoms with Crippen molar-refractivity contribution in [3.05, 3.63) is 94.0 Å². The highest BCUT2D eigenvalue weighted by atomic mass is 32.2. The lowest BCUT2D eigenvalue weighted by molar-refractivity contribution is -0.134. The van der Waals surface area contributed by atoms with Gasteiger partial charge in [0, 0.05) is 28.8 Å². The number of benzene rings is 1. The van der Waals surface area contributed by atoms with Gasteiger partial charge in [-0.15, -0.1) is 4.31 Å². The number of nitrogens with one attached hydrogen (secondary N) is 2. The standard InChI is InChI=1S/C33H37F3N6O4S/c1-4-7-29(20(2)12-13-45-30-9-6-5-8-26(30)34)42-32(37)25(17-38-42)31(43)28-15-21-14-24(46-33(35)36)11-10-22(16-27(21)40-28)39-23-18-41(19-23)47(3)44/h5-12,14-17,22-24,33,39-40H,4,13,18-19,37H2,1-3H3/b11-10?,20-12-,21-14+,27-16+,29-7+. The molecule has 0 bridgehead atoms. The summed E-state index contributed by atoms with van der Waals surface area (Å²) in [5.74, 6) is -0.662. The number of nitrogens with two attached hydrogens (primary N) is 1. The van der Waals surface area contributed by atoms with Crippen LogP contribution in [0.4, 0.5) is 19.0 Å². The molecule has 1 aromatic carbocycles. The first-order valence-corrected chi connectivity index (χ1v) is 16.6. The number of hydrogen-bond donors (Lipinski definition) is 3. The largest absolute Gasteiger partial charge is 0.598 e. The van der Waals surface area contributed by atoms with Crippen molar-refractivity contribution in [2.75, 3.05) is 31.7 Å². The van der Waals surface area contributed by atoms with Gasteiger partial charge in [-0.1, -0.05) is 37.3 Å². The summed E-state index contributed by atoms with van der Waals surface area (Å²) in [6.07, 6.45) is 12.9. The second-order valence-electron chi connectivity index (χ2n) is 11.1. The summed E-state index contributed by atoms with van der Waals surface area (Å²) < 4.78 is 65.7. The van der Waals surface area contributed by atoms with Gasteiger partial charge in [0.1, 0.15) is 24.8 Å². The second-order valence-corrected chi connectivity index (χ2v) is 12.5. The molecule has 3 aromatic rings. The number of fused-ring (bicyclic) bond motifs is 1. The van der Waals surface area contributed by atoms with Crippen LogP contribution in [0.3, 0.4) is 0 Å². The van der Waals surface area contributed by atoms with E-state index in [4.69, 9.17) is 15.2 Å². The number of rotatable bonds is 13. The number of allylic oxidation sites excluding steroid dienone is 3. The molecule has 47 heavy (non-hydrogen) atoms.